The lowest BCUT2D eigenvalue weighted by molar-refractivity contribution is -0.145. The first-order valence-electron chi connectivity index (χ1n) is 16.6. The maximum Gasteiger partial charge on any atom is 0.408 e. The van der Waals surface area contributed by atoms with Crippen molar-refractivity contribution in [2.75, 3.05) is 6.54 Å². The summed E-state index contributed by atoms with van der Waals surface area (Å²) in [6, 6.07) is 7.84. The van der Waals surface area contributed by atoms with Crippen molar-refractivity contribution in [3.8, 4) is 0 Å². The molecule has 11 nitrogen and oxygen atoms in total. The van der Waals surface area contributed by atoms with Gasteiger partial charge in [0.1, 0.15) is 29.8 Å². The third-order valence-electron chi connectivity index (χ3n) is 9.39. The highest BCUT2D eigenvalue weighted by Crippen LogP contribution is 2.45. The van der Waals surface area contributed by atoms with E-state index >= 15 is 0 Å². The molecule has 45 heavy (non-hydrogen) atoms. The number of nitrogens with zero attached hydrogens (tertiary/aromatic N) is 2. The lowest BCUT2D eigenvalue weighted by Crippen LogP contribution is -2.56. The van der Waals surface area contributed by atoms with Crippen molar-refractivity contribution in [1.82, 2.24) is 15.5 Å². The Balaban J connectivity index is 1.38. The number of ether oxygens (including phenoxy) is 1. The second kappa shape index (κ2) is 14.9. The number of allylic oxidation sites excluding steroid dienone is 1. The molecule has 2 saturated carbocycles. The summed E-state index contributed by atoms with van der Waals surface area (Å²) in [6.45, 7) is 2.13. The van der Waals surface area contributed by atoms with Crippen molar-refractivity contribution in [2.24, 2.45) is 11.1 Å². The van der Waals surface area contributed by atoms with Crippen molar-refractivity contribution in [3.63, 3.8) is 0 Å². The van der Waals surface area contributed by atoms with E-state index in [-0.39, 0.29) is 25.0 Å². The quantitative estimate of drug-likeness (QED) is 0.217. The van der Waals surface area contributed by atoms with Gasteiger partial charge in [-0.15, -0.1) is 0 Å². The summed E-state index contributed by atoms with van der Waals surface area (Å²) in [5, 5.41) is 20.1. The lowest BCUT2D eigenvalue weighted by atomic mass is 10.0. The van der Waals surface area contributed by atoms with Crippen LogP contribution in [0.15, 0.2) is 47.6 Å². The monoisotopic (exact) mass is 622 g/mol. The van der Waals surface area contributed by atoms with E-state index in [9.17, 15) is 24.3 Å². The highest BCUT2D eigenvalue weighted by atomic mass is 16.6. The highest BCUT2D eigenvalue weighted by Gasteiger charge is 2.61. The summed E-state index contributed by atoms with van der Waals surface area (Å²) in [5.41, 5.74) is 0.302. The van der Waals surface area contributed by atoms with Crippen molar-refractivity contribution >= 4 is 29.6 Å². The minimum Gasteiger partial charge on any atom is -0.479 e. The molecule has 0 aromatic heterocycles. The fourth-order valence-corrected chi connectivity index (χ4v) is 6.72. The van der Waals surface area contributed by atoms with Crippen LogP contribution in [0.25, 0.3) is 0 Å². The van der Waals surface area contributed by atoms with Gasteiger partial charge in [-0.2, -0.15) is 0 Å². The van der Waals surface area contributed by atoms with Gasteiger partial charge in [-0.05, 0) is 63.4 Å². The standard InChI is InChI=1S/C34H46N4O7/c1-2-13-27(23-14-7-6-8-15-23)37-45-26-20-29-30(39)36-34(32(41)42)21-24(34)16-9-4-3-5-10-19-28(31(40)38(29)22-26)35-33(43)44-25-17-11-12-18-25/h6-9,14-16,24-26,28-29H,2-5,10-13,17-22H2,1H3,(H,35,43)(H,36,39)(H,41,42)/b16-9-,37-27+/t24-,26-,28+,29+,34?/m1/s1. The Hall–Kier alpha value is -3.89. The molecule has 1 saturated heterocycles. The first-order valence-corrected chi connectivity index (χ1v) is 16.6. The number of aliphatic carboxylic acids is 1. The number of rotatable bonds is 8. The second-order valence-corrected chi connectivity index (χ2v) is 12.8. The van der Waals surface area contributed by atoms with Crippen molar-refractivity contribution in [1.29, 1.82) is 0 Å². The molecule has 1 aromatic rings. The van der Waals surface area contributed by atoms with E-state index in [1.165, 1.54) is 4.90 Å². The summed E-state index contributed by atoms with van der Waals surface area (Å²) in [5.74, 6) is -2.36. The van der Waals surface area contributed by atoms with Crippen LogP contribution < -0.4 is 10.6 Å². The molecular weight excluding hydrogens is 576 g/mol. The molecule has 0 radical (unpaired) electrons. The zero-order valence-electron chi connectivity index (χ0n) is 26.1. The van der Waals surface area contributed by atoms with Crippen LogP contribution in [0.5, 0.6) is 0 Å². The molecule has 3 fully saturated rings. The second-order valence-electron chi connectivity index (χ2n) is 12.8. The average Bonchev–Trinajstić information content (AvgIpc) is 3.33. The Labute approximate surface area is 264 Å². The Morgan fingerprint density at radius 2 is 1.82 bits per heavy atom. The molecule has 2 aliphatic heterocycles. The molecule has 244 valence electrons. The molecular formula is C34H46N4O7. The molecule has 2 heterocycles. The van der Waals surface area contributed by atoms with Crippen LogP contribution >= 0.6 is 0 Å². The van der Waals surface area contributed by atoms with Gasteiger partial charge in [0.05, 0.1) is 12.3 Å². The van der Waals surface area contributed by atoms with Crippen molar-refractivity contribution in [2.45, 2.75) is 120 Å². The van der Waals surface area contributed by atoms with Crippen molar-refractivity contribution < 1.29 is 33.9 Å². The minimum absolute atomic E-state index is 0.0773. The molecule has 5 atom stereocenters. The Morgan fingerprint density at radius 1 is 1.07 bits per heavy atom. The zero-order chi connectivity index (χ0) is 31.8. The number of carbonyl (C=O) groups is 4. The number of carboxylic acids is 1. The molecule has 11 heteroatoms. The van der Waals surface area contributed by atoms with Crippen LogP contribution in [-0.2, 0) is 24.0 Å². The van der Waals surface area contributed by atoms with E-state index < -0.39 is 47.6 Å². The van der Waals surface area contributed by atoms with Gasteiger partial charge in [0.15, 0.2) is 0 Å². The van der Waals surface area contributed by atoms with E-state index in [1.54, 1.807) is 0 Å². The number of benzene rings is 1. The van der Waals surface area contributed by atoms with Crippen molar-refractivity contribution in [3.05, 3.63) is 48.0 Å². The topological polar surface area (TPSA) is 147 Å². The van der Waals surface area contributed by atoms with Crippen LogP contribution in [0, 0.1) is 5.92 Å². The van der Waals surface area contributed by atoms with Crippen LogP contribution in [0.1, 0.15) is 96.0 Å². The molecule has 1 aromatic carbocycles. The maximum atomic E-state index is 14.2. The zero-order valence-corrected chi connectivity index (χ0v) is 26.1. The van der Waals surface area contributed by atoms with E-state index in [2.05, 4.69) is 22.7 Å². The Bertz CT molecular complexity index is 1280. The van der Waals surface area contributed by atoms with E-state index in [1.807, 2.05) is 42.5 Å². The molecule has 3 amide bonds. The number of amides is 3. The molecule has 3 N–H and O–H groups in total. The molecule has 0 bridgehead atoms. The number of oxime groups is 1. The third-order valence-corrected chi connectivity index (χ3v) is 9.39. The van der Waals surface area contributed by atoms with Gasteiger partial charge in [-0.1, -0.05) is 73.8 Å². The maximum absolute atomic E-state index is 14.2. The van der Waals surface area contributed by atoms with E-state index in [0.717, 1.165) is 62.6 Å². The smallest absolute Gasteiger partial charge is 0.408 e. The fourth-order valence-electron chi connectivity index (χ4n) is 6.72. The molecule has 5 rings (SSSR count). The molecule has 4 aliphatic rings. The highest BCUT2D eigenvalue weighted by molar-refractivity contribution is 6.00. The number of hydrogen-bond acceptors (Lipinski definition) is 7. The Morgan fingerprint density at radius 3 is 2.56 bits per heavy atom. The number of nitrogens with one attached hydrogen (secondary N) is 2. The summed E-state index contributed by atoms with van der Waals surface area (Å²) in [4.78, 5) is 60.6. The number of carboxylic acid groups (broad SMARTS) is 1. The summed E-state index contributed by atoms with van der Waals surface area (Å²) in [6.07, 6.45) is 11.7. The van der Waals surface area contributed by atoms with E-state index in [4.69, 9.17) is 9.57 Å². The van der Waals surface area contributed by atoms with E-state index in [0.29, 0.717) is 25.7 Å². The van der Waals surface area contributed by atoms with Gasteiger partial charge in [0.2, 0.25) is 11.8 Å². The first-order chi connectivity index (χ1) is 21.8. The predicted octanol–water partition coefficient (Wildman–Crippen LogP) is 4.69. The molecule has 0 spiro atoms. The first kappa shape index (κ1) is 32.5. The van der Waals surface area contributed by atoms with Crippen LogP contribution in [0.3, 0.4) is 0 Å². The van der Waals surface area contributed by atoms with Gasteiger partial charge in [0.25, 0.3) is 0 Å². The normalized spacial score (nSPS) is 30.2. The van der Waals surface area contributed by atoms with Crippen LogP contribution in [0.4, 0.5) is 4.79 Å². The van der Waals surface area contributed by atoms with Crippen LogP contribution in [-0.4, -0.2) is 76.0 Å². The summed E-state index contributed by atoms with van der Waals surface area (Å²) >= 11 is 0. The van der Waals surface area contributed by atoms with Gasteiger partial charge >= 0.3 is 12.1 Å². The van der Waals surface area contributed by atoms with Gasteiger partial charge in [0, 0.05) is 12.3 Å². The SMILES string of the molecule is CCC/C(=N\O[C@@H]1C[C@H]2C(=O)NC3(C(=O)O)C[C@H]3/C=C\CCCCC[C@H](NC(=O)OC3CCCC3)C(=O)N2C1)c1ccccc1. The van der Waals surface area contributed by atoms with Crippen LogP contribution in [0.2, 0.25) is 0 Å². The largest absolute Gasteiger partial charge is 0.479 e. The average molecular weight is 623 g/mol. The minimum atomic E-state index is -1.40. The third kappa shape index (κ3) is 8.04. The summed E-state index contributed by atoms with van der Waals surface area (Å²) < 4.78 is 5.61. The number of hydrogen-bond donors (Lipinski definition) is 3. The summed E-state index contributed by atoms with van der Waals surface area (Å²) in [7, 11) is 0. The fraction of sp³-hybridized carbons (Fsp3) is 0.618. The molecule has 2 aliphatic carbocycles. The Kier molecular flexibility index (Phi) is 10.8. The lowest BCUT2D eigenvalue weighted by Gasteiger charge is -2.29. The number of fused-ring (bicyclic) bond motifs is 2. The molecule has 1 unspecified atom stereocenters. The van der Waals surface area contributed by atoms with Gasteiger partial charge < -0.3 is 30.2 Å². The number of alkyl carbamates (subject to hydrolysis) is 1. The van der Waals surface area contributed by atoms with Gasteiger partial charge in [-0.25, -0.2) is 9.59 Å². The van der Waals surface area contributed by atoms with Gasteiger partial charge in [-0.3, -0.25) is 9.59 Å². The predicted molar refractivity (Wildman–Crippen MR) is 167 cm³/mol. The number of carbonyl (C=O) groups excluding carboxylic acids is 3.